The van der Waals surface area contributed by atoms with Crippen LogP contribution in [0.1, 0.15) is 57.9 Å². The molecule has 178 valence electrons. The fraction of sp³-hybridized carbons (Fsp3) is 0.565. The molecule has 4 rings (SSSR count). The number of hydrogen-bond donors (Lipinski definition) is 2. The van der Waals surface area contributed by atoms with Crippen molar-refractivity contribution in [1.29, 1.82) is 0 Å². The second-order valence-corrected chi connectivity index (χ2v) is 11.0. The number of β-lactam (4-membered cyclic amide) rings is 1. The number of oxime groups is 1. The van der Waals surface area contributed by atoms with Gasteiger partial charge in [0.25, 0.3) is 5.91 Å². The molecule has 0 aromatic heterocycles. The predicted octanol–water partition coefficient (Wildman–Crippen LogP) is 2.90. The number of thioether (sulfide) groups is 1. The molecule has 2 saturated heterocycles. The van der Waals surface area contributed by atoms with Crippen molar-refractivity contribution in [2.45, 2.75) is 80.7 Å². The quantitative estimate of drug-likeness (QED) is 0.282. The van der Waals surface area contributed by atoms with E-state index in [0.717, 1.165) is 38.5 Å². The number of halogens is 1. The van der Waals surface area contributed by atoms with Crippen LogP contribution in [0.15, 0.2) is 29.4 Å². The second kappa shape index (κ2) is 9.32. The van der Waals surface area contributed by atoms with Crippen molar-refractivity contribution in [3.63, 3.8) is 0 Å². The number of carboxylic acid groups (broad SMARTS) is 1. The van der Waals surface area contributed by atoms with Gasteiger partial charge < -0.3 is 20.2 Å². The zero-order valence-corrected chi connectivity index (χ0v) is 19.4. The topological polar surface area (TPSA) is 108 Å². The zero-order valence-electron chi connectivity index (χ0n) is 18.6. The Morgan fingerprint density at radius 1 is 1.21 bits per heavy atom. The molecule has 0 bridgehead atoms. The third-order valence-corrected chi connectivity index (χ3v) is 7.97. The van der Waals surface area contributed by atoms with Crippen LogP contribution in [0.25, 0.3) is 0 Å². The summed E-state index contributed by atoms with van der Waals surface area (Å²) in [7, 11) is 0. The molecule has 0 spiro atoms. The Hall–Kier alpha value is -2.62. The van der Waals surface area contributed by atoms with Crippen molar-refractivity contribution in [2.24, 2.45) is 5.16 Å². The maximum Gasteiger partial charge on any atom is 0.327 e. The number of hydrogen-bond acceptors (Lipinski definition) is 6. The van der Waals surface area contributed by atoms with Crippen LogP contribution < -0.4 is 5.32 Å². The first kappa shape index (κ1) is 23.5. The van der Waals surface area contributed by atoms with Gasteiger partial charge in [-0.05, 0) is 51.7 Å². The number of aliphatic carboxylic acids is 1. The Labute approximate surface area is 195 Å². The number of nitrogens with zero attached hydrogens (tertiary/aromatic N) is 2. The average Bonchev–Trinajstić information content (AvgIpc) is 2.90. The lowest BCUT2D eigenvalue weighted by Crippen LogP contribution is -2.71. The van der Waals surface area contributed by atoms with E-state index >= 15 is 0 Å². The highest BCUT2D eigenvalue weighted by Crippen LogP contribution is 2.50. The van der Waals surface area contributed by atoms with Crippen LogP contribution >= 0.6 is 11.8 Å². The number of fused-ring (bicyclic) bond motifs is 1. The van der Waals surface area contributed by atoms with Gasteiger partial charge in [-0.2, -0.15) is 0 Å². The molecular formula is C23H28FN3O5S. The van der Waals surface area contributed by atoms with Gasteiger partial charge in [-0.25, -0.2) is 9.18 Å². The molecule has 3 atom stereocenters. The molecular weight excluding hydrogens is 449 g/mol. The summed E-state index contributed by atoms with van der Waals surface area (Å²) in [6, 6.07) is 3.87. The van der Waals surface area contributed by atoms with Gasteiger partial charge in [-0.15, -0.1) is 11.8 Å². The Morgan fingerprint density at radius 2 is 1.88 bits per heavy atom. The summed E-state index contributed by atoms with van der Waals surface area (Å²) in [6.07, 6.45) is 5.74. The van der Waals surface area contributed by atoms with Gasteiger partial charge in [-0.3, -0.25) is 9.59 Å². The van der Waals surface area contributed by atoms with Gasteiger partial charge in [0.05, 0.1) is 0 Å². The van der Waals surface area contributed by atoms with Gasteiger partial charge >= 0.3 is 5.97 Å². The molecule has 1 aliphatic carbocycles. The van der Waals surface area contributed by atoms with Crippen LogP contribution in [0.5, 0.6) is 0 Å². The maximum absolute atomic E-state index is 14.5. The van der Waals surface area contributed by atoms with Crippen LogP contribution in [-0.2, 0) is 19.2 Å². The first-order chi connectivity index (χ1) is 15.7. The molecule has 1 aromatic rings. The minimum absolute atomic E-state index is 0.0185. The van der Waals surface area contributed by atoms with E-state index in [1.165, 1.54) is 34.9 Å². The number of rotatable bonds is 6. The standard InChI is InChI=1S/C23H28FN3O5S/c1-23(2)18(22(30)31)27-20(29)17(21(27)33-23)25-19(28)16(14-11-7-8-12-15(14)24)26-32-13-9-5-3-4-6-10-13/h7-8,11-13,17-18,21H,3-6,9-10H2,1-2H3,(H,25,28)(H,30,31)/b26-16-/t17-,18-,21+/m0/s1. The van der Waals surface area contributed by atoms with E-state index < -0.39 is 45.8 Å². The van der Waals surface area contributed by atoms with Crippen molar-refractivity contribution < 1.29 is 28.7 Å². The number of nitrogens with one attached hydrogen (secondary N) is 1. The van der Waals surface area contributed by atoms with E-state index in [2.05, 4.69) is 10.5 Å². The summed E-state index contributed by atoms with van der Waals surface area (Å²) >= 11 is 1.32. The number of carbonyl (C=O) groups is 3. The van der Waals surface area contributed by atoms with Crippen molar-refractivity contribution in [3.05, 3.63) is 35.6 Å². The SMILES string of the molecule is CC1(C)S[C@@H]2[C@@H](NC(=O)/C(=N\OC3CCCCCC3)c3ccccc3F)C(=O)N2[C@H]1C(=O)O. The van der Waals surface area contributed by atoms with E-state index in [0.29, 0.717) is 0 Å². The molecule has 0 unspecified atom stereocenters. The van der Waals surface area contributed by atoms with Crippen LogP contribution in [0.4, 0.5) is 4.39 Å². The van der Waals surface area contributed by atoms with Gasteiger partial charge in [-0.1, -0.05) is 30.1 Å². The second-order valence-electron chi connectivity index (χ2n) is 9.19. The normalized spacial score (nSPS) is 27.4. The molecule has 3 aliphatic rings. The van der Waals surface area contributed by atoms with Crippen LogP contribution in [0, 0.1) is 5.82 Å². The average molecular weight is 478 g/mol. The van der Waals surface area contributed by atoms with E-state index in [1.54, 1.807) is 19.9 Å². The van der Waals surface area contributed by atoms with E-state index in [1.807, 2.05) is 0 Å². The molecule has 2 heterocycles. The molecule has 33 heavy (non-hydrogen) atoms. The van der Waals surface area contributed by atoms with Crippen molar-refractivity contribution in [2.75, 3.05) is 0 Å². The lowest BCUT2D eigenvalue weighted by atomic mass is 9.96. The molecule has 8 nitrogen and oxygen atoms in total. The Morgan fingerprint density at radius 3 is 2.52 bits per heavy atom. The lowest BCUT2D eigenvalue weighted by molar-refractivity contribution is -0.160. The molecule has 2 N–H and O–H groups in total. The third-order valence-electron chi connectivity index (χ3n) is 6.40. The number of amides is 2. The summed E-state index contributed by atoms with van der Waals surface area (Å²) in [6.45, 7) is 3.52. The zero-order chi connectivity index (χ0) is 23.8. The third kappa shape index (κ3) is 4.58. The van der Waals surface area contributed by atoms with E-state index in [4.69, 9.17) is 4.84 Å². The highest BCUT2D eigenvalue weighted by molar-refractivity contribution is 8.01. The summed E-state index contributed by atoms with van der Waals surface area (Å²) in [5.41, 5.74) is -0.254. The lowest BCUT2D eigenvalue weighted by Gasteiger charge is -2.43. The Kier molecular flexibility index (Phi) is 6.65. The highest BCUT2D eigenvalue weighted by atomic mass is 32.2. The molecule has 2 aliphatic heterocycles. The predicted molar refractivity (Wildman–Crippen MR) is 121 cm³/mol. The van der Waals surface area contributed by atoms with Crippen molar-refractivity contribution >= 4 is 35.3 Å². The molecule has 10 heteroatoms. The first-order valence-electron chi connectivity index (χ1n) is 11.2. The largest absolute Gasteiger partial charge is 0.480 e. The molecule has 2 amide bonds. The fourth-order valence-corrected chi connectivity index (χ4v) is 6.32. The Bertz CT molecular complexity index is 977. The van der Waals surface area contributed by atoms with Crippen LogP contribution in [-0.4, -0.2) is 61.8 Å². The fourth-order valence-electron chi connectivity index (χ4n) is 4.70. The number of carboxylic acids is 1. The molecule has 1 aromatic carbocycles. The van der Waals surface area contributed by atoms with Gasteiger partial charge in [0.15, 0.2) is 5.71 Å². The van der Waals surface area contributed by atoms with Gasteiger partial charge in [0, 0.05) is 10.3 Å². The van der Waals surface area contributed by atoms with Crippen LogP contribution in [0.3, 0.4) is 0 Å². The van der Waals surface area contributed by atoms with E-state index in [-0.39, 0.29) is 17.4 Å². The number of carbonyl (C=O) groups excluding carboxylic acids is 2. The highest BCUT2D eigenvalue weighted by Gasteiger charge is 2.64. The van der Waals surface area contributed by atoms with Crippen molar-refractivity contribution in [1.82, 2.24) is 10.2 Å². The monoisotopic (exact) mass is 477 g/mol. The van der Waals surface area contributed by atoms with Gasteiger partial charge in [0.1, 0.15) is 29.4 Å². The Balaban J connectivity index is 1.54. The molecule has 3 fully saturated rings. The smallest absolute Gasteiger partial charge is 0.327 e. The summed E-state index contributed by atoms with van der Waals surface area (Å²) in [4.78, 5) is 44.6. The first-order valence-corrected chi connectivity index (χ1v) is 12.1. The maximum atomic E-state index is 14.5. The van der Waals surface area contributed by atoms with E-state index in [9.17, 15) is 23.9 Å². The minimum Gasteiger partial charge on any atom is -0.480 e. The van der Waals surface area contributed by atoms with Gasteiger partial charge in [0.2, 0.25) is 5.91 Å². The minimum atomic E-state index is -1.08. The number of benzene rings is 1. The molecule has 1 saturated carbocycles. The summed E-state index contributed by atoms with van der Waals surface area (Å²) < 4.78 is 13.8. The molecule has 0 radical (unpaired) electrons. The summed E-state index contributed by atoms with van der Waals surface area (Å²) in [5.74, 6) is -2.92. The van der Waals surface area contributed by atoms with Crippen LogP contribution in [0.2, 0.25) is 0 Å². The summed E-state index contributed by atoms with van der Waals surface area (Å²) in [5, 5.41) is 15.7. The van der Waals surface area contributed by atoms with Crippen molar-refractivity contribution in [3.8, 4) is 0 Å².